The highest BCUT2D eigenvalue weighted by atomic mass is 32.2. The summed E-state index contributed by atoms with van der Waals surface area (Å²) in [5.74, 6) is 1.88. The zero-order chi connectivity index (χ0) is 21.8. The summed E-state index contributed by atoms with van der Waals surface area (Å²) in [5, 5.41) is 21.4. The Kier molecular flexibility index (Phi) is 6.09. The number of nitrogens with zero attached hydrogens (tertiary/aromatic N) is 8. The van der Waals surface area contributed by atoms with Gasteiger partial charge in [-0.1, -0.05) is 18.7 Å². The molecule has 12 heteroatoms. The first-order valence-electron chi connectivity index (χ1n) is 9.51. The van der Waals surface area contributed by atoms with E-state index >= 15 is 0 Å². The second-order valence-electron chi connectivity index (χ2n) is 6.76. The lowest BCUT2D eigenvalue weighted by Crippen LogP contribution is -2.05. The third kappa shape index (κ3) is 4.64. The van der Waals surface area contributed by atoms with Crippen LogP contribution in [0.1, 0.15) is 19.2 Å². The molecule has 4 aromatic rings. The first-order valence-corrected chi connectivity index (χ1v) is 12.4. The fourth-order valence-corrected chi connectivity index (χ4v) is 4.50. The number of hydrogen-bond acceptors (Lipinski definition) is 9. The van der Waals surface area contributed by atoms with Gasteiger partial charge in [0.15, 0.2) is 26.6 Å². The number of aromatic nitrogens is 8. The van der Waals surface area contributed by atoms with Gasteiger partial charge in [0.1, 0.15) is 0 Å². The Morgan fingerprint density at radius 2 is 1.74 bits per heavy atom. The van der Waals surface area contributed by atoms with E-state index in [0.29, 0.717) is 17.3 Å². The average molecular weight is 457 g/mol. The van der Waals surface area contributed by atoms with Crippen LogP contribution in [0.4, 0.5) is 0 Å². The second-order valence-corrected chi connectivity index (χ2v) is 9.71. The summed E-state index contributed by atoms with van der Waals surface area (Å²) in [5.41, 5.74) is 1.64. The van der Waals surface area contributed by atoms with Crippen molar-refractivity contribution in [3.63, 3.8) is 0 Å². The SMILES string of the molecule is CCCn1c(SCc2nnnn2-c2ccc(S(C)(=O)=O)cc2)nnc1-c1ccncc1. The molecule has 0 spiro atoms. The molecule has 0 aliphatic heterocycles. The molecule has 160 valence electrons. The molecule has 0 aliphatic rings. The number of benzene rings is 1. The van der Waals surface area contributed by atoms with E-state index < -0.39 is 9.84 Å². The van der Waals surface area contributed by atoms with Crippen LogP contribution in [0.25, 0.3) is 17.1 Å². The zero-order valence-corrected chi connectivity index (χ0v) is 18.6. The summed E-state index contributed by atoms with van der Waals surface area (Å²) < 4.78 is 27.0. The van der Waals surface area contributed by atoms with E-state index in [4.69, 9.17) is 0 Å². The minimum Gasteiger partial charge on any atom is -0.302 e. The van der Waals surface area contributed by atoms with Gasteiger partial charge < -0.3 is 4.57 Å². The molecule has 0 N–H and O–H groups in total. The summed E-state index contributed by atoms with van der Waals surface area (Å²) >= 11 is 1.49. The van der Waals surface area contributed by atoms with Gasteiger partial charge in [0.2, 0.25) is 0 Å². The highest BCUT2D eigenvalue weighted by Gasteiger charge is 2.16. The molecule has 0 aliphatic carbocycles. The number of hydrogen-bond donors (Lipinski definition) is 0. The van der Waals surface area contributed by atoms with E-state index in [1.165, 1.54) is 18.0 Å². The summed E-state index contributed by atoms with van der Waals surface area (Å²) in [6.07, 6.45) is 5.58. The van der Waals surface area contributed by atoms with Gasteiger partial charge in [-0.3, -0.25) is 4.98 Å². The van der Waals surface area contributed by atoms with E-state index in [1.54, 1.807) is 41.3 Å². The summed E-state index contributed by atoms with van der Waals surface area (Å²) in [4.78, 5) is 4.31. The van der Waals surface area contributed by atoms with Crippen molar-refractivity contribution < 1.29 is 8.42 Å². The standard InChI is InChI=1S/C19H20N8O2S2/c1-3-12-26-18(14-8-10-20-11-9-14)22-23-19(26)30-13-17-21-24-25-27(17)15-4-6-16(7-5-15)31(2,28)29/h4-11H,3,12-13H2,1-2H3. The van der Waals surface area contributed by atoms with E-state index in [2.05, 4.69) is 42.2 Å². The molecule has 3 aromatic heterocycles. The molecule has 4 rings (SSSR count). The molecule has 0 fully saturated rings. The van der Waals surface area contributed by atoms with Gasteiger partial charge in [-0.05, 0) is 53.2 Å². The predicted molar refractivity (Wildman–Crippen MR) is 115 cm³/mol. The molecule has 3 heterocycles. The largest absolute Gasteiger partial charge is 0.302 e. The quantitative estimate of drug-likeness (QED) is 0.368. The van der Waals surface area contributed by atoms with Crippen molar-refractivity contribution in [1.82, 2.24) is 40.0 Å². The third-order valence-electron chi connectivity index (χ3n) is 4.48. The zero-order valence-electron chi connectivity index (χ0n) is 17.0. The van der Waals surface area contributed by atoms with E-state index in [-0.39, 0.29) is 4.90 Å². The Morgan fingerprint density at radius 3 is 2.42 bits per heavy atom. The maximum Gasteiger partial charge on any atom is 0.191 e. The number of pyridine rings is 1. The van der Waals surface area contributed by atoms with Crippen molar-refractivity contribution in [3.8, 4) is 17.1 Å². The number of sulfone groups is 1. The molecule has 0 atom stereocenters. The topological polar surface area (TPSA) is 121 Å². The smallest absolute Gasteiger partial charge is 0.191 e. The van der Waals surface area contributed by atoms with E-state index in [1.807, 2.05) is 12.1 Å². The Hall–Kier alpha value is -3.12. The molecule has 31 heavy (non-hydrogen) atoms. The Balaban J connectivity index is 1.56. The molecule has 0 bridgehead atoms. The van der Waals surface area contributed by atoms with Crippen molar-refractivity contribution in [2.45, 2.75) is 35.7 Å². The van der Waals surface area contributed by atoms with Gasteiger partial charge in [-0.15, -0.1) is 15.3 Å². The molecular formula is C19H20N8O2S2. The predicted octanol–water partition coefficient (Wildman–Crippen LogP) is 2.42. The van der Waals surface area contributed by atoms with Gasteiger partial charge in [0.25, 0.3) is 0 Å². The molecule has 0 amide bonds. The van der Waals surface area contributed by atoms with Crippen LogP contribution in [0.5, 0.6) is 0 Å². The maximum absolute atomic E-state index is 11.7. The van der Waals surface area contributed by atoms with Crippen molar-refractivity contribution in [2.75, 3.05) is 6.26 Å². The monoisotopic (exact) mass is 456 g/mol. The van der Waals surface area contributed by atoms with Crippen molar-refractivity contribution in [1.29, 1.82) is 0 Å². The number of rotatable bonds is 8. The first-order chi connectivity index (χ1) is 15.0. The van der Waals surface area contributed by atoms with Crippen LogP contribution >= 0.6 is 11.8 Å². The Bertz CT molecular complexity index is 1270. The Morgan fingerprint density at radius 1 is 1.00 bits per heavy atom. The maximum atomic E-state index is 11.7. The molecule has 0 saturated carbocycles. The van der Waals surface area contributed by atoms with Gasteiger partial charge in [0.05, 0.1) is 16.3 Å². The lowest BCUT2D eigenvalue weighted by Gasteiger charge is -2.09. The lowest BCUT2D eigenvalue weighted by atomic mass is 10.2. The minimum atomic E-state index is -3.26. The Labute approximate surface area is 183 Å². The van der Waals surface area contributed by atoms with Crippen molar-refractivity contribution in [3.05, 3.63) is 54.6 Å². The fourth-order valence-electron chi connectivity index (χ4n) is 3.00. The van der Waals surface area contributed by atoms with Crippen LogP contribution in [0.2, 0.25) is 0 Å². The van der Waals surface area contributed by atoms with E-state index in [9.17, 15) is 8.42 Å². The van der Waals surface area contributed by atoms with Gasteiger partial charge in [0, 0.05) is 30.8 Å². The minimum absolute atomic E-state index is 0.247. The molecular weight excluding hydrogens is 436 g/mol. The lowest BCUT2D eigenvalue weighted by molar-refractivity contribution is 0.602. The van der Waals surface area contributed by atoms with Crippen LogP contribution in [-0.4, -0.2) is 54.6 Å². The molecule has 1 aromatic carbocycles. The highest BCUT2D eigenvalue weighted by molar-refractivity contribution is 7.98. The average Bonchev–Trinajstić information content (AvgIpc) is 3.40. The number of thioether (sulfide) groups is 1. The van der Waals surface area contributed by atoms with Crippen LogP contribution in [0.3, 0.4) is 0 Å². The van der Waals surface area contributed by atoms with Crippen LogP contribution in [0.15, 0.2) is 58.8 Å². The fraction of sp³-hybridized carbons (Fsp3) is 0.263. The normalized spacial score (nSPS) is 11.7. The molecule has 10 nitrogen and oxygen atoms in total. The second kappa shape index (κ2) is 8.94. The van der Waals surface area contributed by atoms with Crippen LogP contribution < -0.4 is 0 Å². The molecule has 0 saturated heterocycles. The summed E-state index contributed by atoms with van der Waals surface area (Å²) in [7, 11) is -3.26. The van der Waals surface area contributed by atoms with Gasteiger partial charge in [-0.2, -0.15) is 4.68 Å². The third-order valence-corrected chi connectivity index (χ3v) is 6.57. The summed E-state index contributed by atoms with van der Waals surface area (Å²) in [6.45, 7) is 2.89. The number of tetrazole rings is 1. The molecule has 0 unspecified atom stereocenters. The van der Waals surface area contributed by atoms with Gasteiger partial charge >= 0.3 is 0 Å². The van der Waals surface area contributed by atoms with E-state index in [0.717, 1.165) is 29.5 Å². The first kappa shape index (κ1) is 21.1. The van der Waals surface area contributed by atoms with Crippen LogP contribution in [-0.2, 0) is 22.1 Å². The van der Waals surface area contributed by atoms with Gasteiger partial charge in [-0.25, -0.2) is 8.42 Å². The molecule has 0 radical (unpaired) electrons. The van der Waals surface area contributed by atoms with Crippen LogP contribution in [0, 0.1) is 0 Å². The highest BCUT2D eigenvalue weighted by Crippen LogP contribution is 2.26. The van der Waals surface area contributed by atoms with Crippen molar-refractivity contribution in [2.24, 2.45) is 0 Å². The van der Waals surface area contributed by atoms with Crippen molar-refractivity contribution >= 4 is 21.6 Å². The summed E-state index contributed by atoms with van der Waals surface area (Å²) in [6, 6.07) is 10.3.